The number of aryl methyl sites for hydroxylation is 2. The van der Waals surface area contributed by atoms with E-state index >= 15 is 0 Å². The van der Waals surface area contributed by atoms with Gasteiger partial charge in [0.25, 0.3) is 11.8 Å². The SMILES string of the molecule is Cc1oc2cc(Oc3ccnn4cc(C(=O)N5CC(C(C)(C)O)C5)c(C)c34)ccc2c1C(=O)NC12CC(C1)C2. The Bertz CT molecular complexity index is 1650. The molecule has 0 atom stereocenters. The molecule has 2 amide bonds. The van der Waals surface area contributed by atoms with Gasteiger partial charge in [-0.25, -0.2) is 4.52 Å². The van der Waals surface area contributed by atoms with Gasteiger partial charge in [-0.15, -0.1) is 0 Å². The first-order valence-electron chi connectivity index (χ1n) is 13.5. The quantitative estimate of drug-likeness (QED) is 0.378. The lowest BCUT2D eigenvalue weighted by Crippen LogP contribution is -2.68. The molecule has 1 saturated heterocycles. The van der Waals surface area contributed by atoms with Crippen molar-refractivity contribution in [3.05, 3.63) is 59.1 Å². The Morgan fingerprint density at radius 1 is 1.18 bits per heavy atom. The Morgan fingerprint density at radius 2 is 1.92 bits per heavy atom. The normalized spacial score (nSPS) is 22.4. The predicted molar refractivity (Wildman–Crippen MR) is 144 cm³/mol. The van der Waals surface area contributed by atoms with Crippen molar-refractivity contribution in [3.8, 4) is 11.5 Å². The number of aromatic nitrogens is 2. The number of fused-ring (bicyclic) bond motifs is 2. The van der Waals surface area contributed by atoms with Gasteiger partial charge >= 0.3 is 0 Å². The van der Waals surface area contributed by atoms with Crippen LogP contribution in [0.4, 0.5) is 0 Å². The third-order valence-electron chi connectivity index (χ3n) is 9.00. The molecular formula is C30H32N4O5. The minimum atomic E-state index is -0.811. The number of ether oxygens (including phenoxy) is 1. The first-order chi connectivity index (χ1) is 18.5. The molecule has 202 valence electrons. The molecule has 3 saturated carbocycles. The monoisotopic (exact) mass is 528 g/mol. The summed E-state index contributed by atoms with van der Waals surface area (Å²) in [6.45, 7) is 8.30. The van der Waals surface area contributed by atoms with Gasteiger partial charge in [0, 0.05) is 48.3 Å². The first kappa shape index (κ1) is 24.2. The van der Waals surface area contributed by atoms with E-state index in [9.17, 15) is 14.7 Å². The summed E-state index contributed by atoms with van der Waals surface area (Å²) in [5.41, 5.74) is 2.39. The van der Waals surface area contributed by atoms with E-state index in [0.29, 0.717) is 52.6 Å². The van der Waals surface area contributed by atoms with Crippen LogP contribution in [-0.2, 0) is 0 Å². The average molecular weight is 529 g/mol. The van der Waals surface area contributed by atoms with Gasteiger partial charge in [-0.3, -0.25) is 9.59 Å². The molecule has 2 N–H and O–H groups in total. The topological polar surface area (TPSA) is 109 Å². The largest absolute Gasteiger partial charge is 0.460 e. The van der Waals surface area contributed by atoms with E-state index in [4.69, 9.17) is 9.15 Å². The van der Waals surface area contributed by atoms with E-state index in [1.54, 1.807) is 47.8 Å². The fourth-order valence-electron chi connectivity index (χ4n) is 6.39. The van der Waals surface area contributed by atoms with Gasteiger partial charge < -0.3 is 24.5 Å². The number of likely N-dealkylation sites (tertiary alicyclic amines) is 1. The molecule has 4 fully saturated rings. The van der Waals surface area contributed by atoms with Crippen LogP contribution in [0.25, 0.3) is 16.5 Å². The van der Waals surface area contributed by atoms with Gasteiger partial charge in [0.15, 0.2) is 5.75 Å². The lowest BCUT2D eigenvalue weighted by molar-refractivity contribution is -0.0507. The Morgan fingerprint density at radius 3 is 2.59 bits per heavy atom. The number of rotatable bonds is 6. The van der Waals surface area contributed by atoms with Crippen LogP contribution < -0.4 is 10.1 Å². The Balaban J connectivity index is 1.14. The molecule has 8 rings (SSSR count). The summed E-state index contributed by atoms with van der Waals surface area (Å²) in [6.07, 6.45) is 6.60. The van der Waals surface area contributed by atoms with Crippen molar-refractivity contribution >= 4 is 28.3 Å². The molecule has 4 heterocycles. The predicted octanol–water partition coefficient (Wildman–Crippen LogP) is 4.61. The number of benzene rings is 1. The van der Waals surface area contributed by atoms with Crippen molar-refractivity contribution in [1.29, 1.82) is 0 Å². The lowest BCUT2D eigenvalue weighted by atomic mass is 9.50. The molecule has 0 radical (unpaired) electrons. The molecule has 9 heteroatoms. The minimum Gasteiger partial charge on any atom is -0.460 e. The van der Waals surface area contributed by atoms with E-state index in [1.807, 2.05) is 26.0 Å². The van der Waals surface area contributed by atoms with Crippen LogP contribution in [0.5, 0.6) is 11.5 Å². The molecule has 39 heavy (non-hydrogen) atoms. The molecule has 3 aromatic heterocycles. The number of nitrogens with one attached hydrogen (secondary N) is 1. The molecular weight excluding hydrogens is 496 g/mol. The Kier molecular flexibility index (Phi) is 5.02. The number of furan rings is 1. The molecule has 3 aliphatic carbocycles. The molecule has 9 nitrogen and oxygen atoms in total. The number of hydrogen-bond donors (Lipinski definition) is 2. The van der Waals surface area contributed by atoms with Crippen molar-refractivity contribution in [1.82, 2.24) is 19.8 Å². The zero-order valence-electron chi connectivity index (χ0n) is 22.6. The standard InChI is InChI=1S/C30H32N4O5/c1-16-22(28(36)33-13-19(14-33)29(3,4)37)15-34-26(16)23(7-8-31-34)39-20-5-6-21-24(9-20)38-17(2)25(21)27(35)32-30-10-18(11-30)12-30/h5-9,15,18-19,37H,10-14H2,1-4H3,(H,32,35). The summed E-state index contributed by atoms with van der Waals surface area (Å²) in [6, 6.07) is 7.25. The minimum absolute atomic E-state index is 0.00433. The number of hydrogen-bond acceptors (Lipinski definition) is 6. The van der Waals surface area contributed by atoms with Crippen molar-refractivity contribution in [2.24, 2.45) is 11.8 Å². The van der Waals surface area contributed by atoms with Crippen LogP contribution in [0.3, 0.4) is 0 Å². The zero-order chi connectivity index (χ0) is 27.3. The van der Waals surface area contributed by atoms with Gasteiger partial charge in [0.05, 0.1) is 22.9 Å². The highest BCUT2D eigenvalue weighted by Gasteiger charge is 2.57. The van der Waals surface area contributed by atoms with Crippen molar-refractivity contribution in [3.63, 3.8) is 0 Å². The number of carbonyl (C=O) groups excluding carboxylic acids is 2. The molecule has 1 aliphatic heterocycles. The summed E-state index contributed by atoms with van der Waals surface area (Å²) in [5.74, 6) is 2.38. The van der Waals surface area contributed by atoms with Crippen LogP contribution in [0.15, 0.2) is 41.1 Å². The second-order valence-electron chi connectivity index (χ2n) is 12.2. The molecule has 4 aliphatic rings. The van der Waals surface area contributed by atoms with Gasteiger partial charge in [0.1, 0.15) is 22.6 Å². The van der Waals surface area contributed by atoms with E-state index in [2.05, 4.69) is 10.4 Å². The van der Waals surface area contributed by atoms with Gasteiger partial charge in [-0.05, 0) is 70.6 Å². The van der Waals surface area contributed by atoms with E-state index in [-0.39, 0.29) is 23.3 Å². The van der Waals surface area contributed by atoms with Crippen molar-refractivity contribution in [2.45, 2.75) is 58.1 Å². The van der Waals surface area contributed by atoms with E-state index in [1.165, 1.54) is 0 Å². The summed E-state index contributed by atoms with van der Waals surface area (Å²) in [5, 5.41) is 18.6. The molecule has 0 unspecified atom stereocenters. The first-order valence-corrected chi connectivity index (χ1v) is 13.5. The highest BCUT2D eigenvalue weighted by molar-refractivity contribution is 6.08. The molecule has 4 aromatic rings. The van der Waals surface area contributed by atoms with Crippen LogP contribution in [-0.4, -0.2) is 55.7 Å². The van der Waals surface area contributed by atoms with Crippen LogP contribution in [0, 0.1) is 25.7 Å². The third kappa shape index (κ3) is 3.74. The Labute approximate surface area is 225 Å². The maximum Gasteiger partial charge on any atom is 0.255 e. The maximum atomic E-state index is 13.2. The van der Waals surface area contributed by atoms with Gasteiger partial charge in [0.2, 0.25) is 0 Å². The van der Waals surface area contributed by atoms with Crippen molar-refractivity contribution < 1.29 is 23.8 Å². The van der Waals surface area contributed by atoms with E-state index < -0.39 is 5.60 Å². The second-order valence-corrected chi connectivity index (χ2v) is 12.2. The molecule has 0 spiro atoms. The fourth-order valence-corrected chi connectivity index (χ4v) is 6.39. The van der Waals surface area contributed by atoms with Gasteiger partial charge in [-0.1, -0.05) is 0 Å². The van der Waals surface area contributed by atoms with Crippen LogP contribution >= 0.6 is 0 Å². The maximum absolute atomic E-state index is 13.2. The third-order valence-corrected chi connectivity index (χ3v) is 9.00. The summed E-state index contributed by atoms with van der Waals surface area (Å²) in [4.78, 5) is 28.1. The van der Waals surface area contributed by atoms with Crippen LogP contribution in [0.2, 0.25) is 0 Å². The molecule has 2 bridgehead atoms. The summed E-state index contributed by atoms with van der Waals surface area (Å²) >= 11 is 0. The number of aliphatic hydroxyl groups is 1. The Hall–Kier alpha value is -3.85. The number of carbonyl (C=O) groups is 2. The van der Waals surface area contributed by atoms with Crippen molar-refractivity contribution in [2.75, 3.05) is 13.1 Å². The fraction of sp³-hybridized carbons (Fsp3) is 0.433. The average Bonchev–Trinajstić information content (AvgIpc) is 3.29. The molecule has 1 aromatic carbocycles. The zero-order valence-corrected chi connectivity index (χ0v) is 22.6. The highest BCUT2D eigenvalue weighted by atomic mass is 16.5. The van der Waals surface area contributed by atoms with Crippen LogP contribution in [0.1, 0.15) is 65.1 Å². The van der Waals surface area contributed by atoms with E-state index in [0.717, 1.165) is 36.1 Å². The smallest absolute Gasteiger partial charge is 0.255 e. The number of amides is 2. The summed E-state index contributed by atoms with van der Waals surface area (Å²) in [7, 11) is 0. The number of nitrogens with zero attached hydrogens (tertiary/aromatic N) is 3. The highest BCUT2D eigenvalue weighted by Crippen LogP contribution is 2.57. The lowest BCUT2D eigenvalue weighted by Gasteiger charge is -2.61. The van der Waals surface area contributed by atoms with Gasteiger partial charge in [-0.2, -0.15) is 5.10 Å². The second kappa shape index (κ2) is 8.08. The summed E-state index contributed by atoms with van der Waals surface area (Å²) < 4.78 is 13.9.